The average molecular weight is 284 g/mol. The van der Waals surface area contributed by atoms with Crippen molar-refractivity contribution in [2.45, 2.75) is 19.3 Å². The maximum Gasteiger partial charge on any atom is 0.374 e. The van der Waals surface area contributed by atoms with Crippen molar-refractivity contribution in [2.24, 2.45) is 0 Å². The molecule has 7 heteroatoms. The van der Waals surface area contributed by atoms with Crippen molar-refractivity contribution in [1.29, 1.82) is 0 Å². The minimum atomic E-state index is -0.715. The number of carbonyl (C=O) groups excluding carboxylic acids is 1. The summed E-state index contributed by atoms with van der Waals surface area (Å²) in [7, 11) is -0.715. The van der Waals surface area contributed by atoms with Gasteiger partial charge in [-0.3, -0.25) is 9.78 Å². The standard InChI is InChI=1S/C9H11BBrN3O2/c1-10(16)14-8-3-6-7(13-9(8)15)2-5(11)4-12-6/h2,4,8,14,16H,3H2,1H3,(H,13,15)/t8-/m1/s1. The highest BCUT2D eigenvalue weighted by atomic mass is 79.9. The van der Waals surface area contributed by atoms with Crippen LogP contribution in [0.4, 0.5) is 5.69 Å². The molecule has 0 bridgehead atoms. The van der Waals surface area contributed by atoms with Gasteiger partial charge < -0.3 is 15.6 Å². The van der Waals surface area contributed by atoms with E-state index in [2.05, 4.69) is 31.5 Å². The van der Waals surface area contributed by atoms with Crippen molar-refractivity contribution in [3.63, 3.8) is 0 Å². The number of nitrogens with zero attached hydrogens (tertiary/aromatic N) is 1. The molecule has 1 aromatic rings. The van der Waals surface area contributed by atoms with E-state index in [0.717, 1.165) is 15.9 Å². The number of amides is 1. The van der Waals surface area contributed by atoms with Crippen LogP contribution in [0.15, 0.2) is 16.7 Å². The molecule has 1 aliphatic rings. The van der Waals surface area contributed by atoms with E-state index in [-0.39, 0.29) is 5.91 Å². The molecule has 0 spiro atoms. The molecule has 1 amide bonds. The second-order valence-corrected chi connectivity index (χ2v) is 4.65. The van der Waals surface area contributed by atoms with Crippen molar-refractivity contribution in [2.75, 3.05) is 5.32 Å². The molecule has 84 valence electrons. The van der Waals surface area contributed by atoms with Gasteiger partial charge in [-0.25, -0.2) is 0 Å². The Morgan fingerprint density at radius 2 is 2.50 bits per heavy atom. The molecule has 3 N–H and O–H groups in total. The van der Waals surface area contributed by atoms with Gasteiger partial charge in [-0.2, -0.15) is 0 Å². The van der Waals surface area contributed by atoms with Gasteiger partial charge in [0.2, 0.25) is 5.91 Å². The Balaban J connectivity index is 2.22. The molecule has 2 heterocycles. The largest absolute Gasteiger partial charge is 0.437 e. The van der Waals surface area contributed by atoms with Gasteiger partial charge >= 0.3 is 7.05 Å². The number of pyridine rings is 1. The fraction of sp³-hybridized carbons (Fsp3) is 0.333. The zero-order valence-corrected chi connectivity index (χ0v) is 10.3. The highest BCUT2D eigenvalue weighted by molar-refractivity contribution is 9.10. The molecule has 0 unspecified atom stereocenters. The van der Waals surface area contributed by atoms with Crippen LogP contribution in [0.2, 0.25) is 6.82 Å². The molecule has 16 heavy (non-hydrogen) atoms. The Bertz CT molecular complexity index is 427. The molecule has 0 saturated carbocycles. The number of carbonyl (C=O) groups is 1. The summed E-state index contributed by atoms with van der Waals surface area (Å²) in [5.41, 5.74) is 1.55. The number of halogens is 1. The SMILES string of the molecule is CB(O)N[C@@H]1Cc2ncc(Br)cc2NC1=O. The van der Waals surface area contributed by atoms with Gasteiger partial charge in [-0.05, 0) is 28.8 Å². The predicted octanol–water partition coefficient (Wildman–Crippen LogP) is 0.407. The Hall–Kier alpha value is -0.915. The second-order valence-electron chi connectivity index (χ2n) is 3.74. The normalized spacial score (nSPS) is 18.9. The Labute approximate surface area is 102 Å². The maximum atomic E-state index is 11.7. The van der Waals surface area contributed by atoms with Gasteiger partial charge in [-0.15, -0.1) is 0 Å². The summed E-state index contributed by atoms with van der Waals surface area (Å²) in [6.45, 7) is 1.58. The molecule has 5 nitrogen and oxygen atoms in total. The van der Waals surface area contributed by atoms with Crippen molar-refractivity contribution in [1.82, 2.24) is 10.2 Å². The molecular weight excluding hydrogens is 273 g/mol. The summed E-state index contributed by atoms with van der Waals surface area (Å²) in [6.07, 6.45) is 2.18. The second kappa shape index (κ2) is 4.53. The van der Waals surface area contributed by atoms with Crippen LogP contribution < -0.4 is 10.5 Å². The zero-order valence-electron chi connectivity index (χ0n) is 8.70. The van der Waals surface area contributed by atoms with Crippen molar-refractivity contribution >= 4 is 34.6 Å². The van der Waals surface area contributed by atoms with E-state index in [4.69, 9.17) is 0 Å². The first-order chi connectivity index (χ1) is 7.56. The molecule has 0 aliphatic carbocycles. The number of rotatable bonds is 2. The summed E-state index contributed by atoms with van der Waals surface area (Å²) in [5, 5.41) is 14.7. The number of nitrogens with one attached hydrogen (secondary N) is 2. The quantitative estimate of drug-likeness (QED) is 0.687. The minimum Gasteiger partial charge on any atom is -0.437 e. The summed E-state index contributed by atoms with van der Waals surface area (Å²) < 4.78 is 0.827. The molecule has 0 saturated heterocycles. The lowest BCUT2D eigenvalue weighted by Gasteiger charge is -2.25. The molecule has 1 aromatic heterocycles. The lowest BCUT2D eigenvalue weighted by atomic mass is 9.85. The first kappa shape index (κ1) is 11.6. The molecule has 1 atom stereocenters. The van der Waals surface area contributed by atoms with Crippen LogP contribution in [0.1, 0.15) is 5.69 Å². The smallest absolute Gasteiger partial charge is 0.374 e. The fourth-order valence-corrected chi connectivity index (χ4v) is 2.00. The van der Waals surface area contributed by atoms with Crippen LogP contribution >= 0.6 is 15.9 Å². The predicted molar refractivity (Wildman–Crippen MR) is 65.0 cm³/mol. The van der Waals surface area contributed by atoms with E-state index >= 15 is 0 Å². The van der Waals surface area contributed by atoms with Gasteiger partial charge in [0.1, 0.15) is 0 Å². The van der Waals surface area contributed by atoms with Gasteiger partial charge in [0.15, 0.2) is 0 Å². The average Bonchev–Trinajstić information content (AvgIpc) is 2.19. The van der Waals surface area contributed by atoms with Crippen LogP contribution in [0.25, 0.3) is 0 Å². The first-order valence-electron chi connectivity index (χ1n) is 4.95. The Morgan fingerprint density at radius 3 is 3.19 bits per heavy atom. The van der Waals surface area contributed by atoms with Crippen LogP contribution in [0.5, 0.6) is 0 Å². The molecule has 0 radical (unpaired) electrons. The lowest BCUT2D eigenvalue weighted by molar-refractivity contribution is -0.118. The summed E-state index contributed by atoms with van der Waals surface area (Å²) in [6, 6.07) is 1.39. The van der Waals surface area contributed by atoms with E-state index in [1.54, 1.807) is 13.0 Å². The van der Waals surface area contributed by atoms with Crippen LogP contribution in [-0.2, 0) is 11.2 Å². The first-order valence-corrected chi connectivity index (χ1v) is 5.75. The van der Waals surface area contributed by atoms with E-state index in [0.29, 0.717) is 6.42 Å². The van der Waals surface area contributed by atoms with E-state index in [9.17, 15) is 9.82 Å². The van der Waals surface area contributed by atoms with Crippen molar-refractivity contribution < 1.29 is 9.82 Å². The topological polar surface area (TPSA) is 74.2 Å². The van der Waals surface area contributed by atoms with Crippen LogP contribution in [-0.4, -0.2) is 29.0 Å². The number of hydrogen-bond acceptors (Lipinski definition) is 4. The lowest BCUT2D eigenvalue weighted by Crippen LogP contribution is -2.50. The minimum absolute atomic E-state index is 0.145. The fourth-order valence-electron chi connectivity index (χ4n) is 1.67. The van der Waals surface area contributed by atoms with Crippen molar-refractivity contribution in [3.05, 3.63) is 22.4 Å². The number of anilines is 1. The maximum absolute atomic E-state index is 11.7. The van der Waals surface area contributed by atoms with Gasteiger partial charge in [-0.1, -0.05) is 0 Å². The van der Waals surface area contributed by atoms with Gasteiger partial charge in [0.05, 0.1) is 17.4 Å². The third kappa shape index (κ3) is 2.42. The van der Waals surface area contributed by atoms with Crippen LogP contribution in [0.3, 0.4) is 0 Å². The molecule has 0 fully saturated rings. The van der Waals surface area contributed by atoms with Crippen molar-refractivity contribution in [3.8, 4) is 0 Å². The molecular formula is C9H11BBrN3O2. The molecule has 2 rings (SSSR count). The van der Waals surface area contributed by atoms with E-state index in [1.807, 2.05) is 6.07 Å². The monoisotopic (exact) mass is 283 g/mol. The molecule has 1 aliphatic heterocycles. The number of aromatic nitrogens is 1. The summed E-state index contributed by atoms with van der Waals surface area (Å²) in [4.78, 5) is 15.9. The number of hydrogen-bond donors (Lipinski definition) is 3. The summed E-state index contributed by atoms with van der Waals surface area (Å²) >= 11 is 3.30. The van der Waals surface area contributed by atoms with Gasteiger partial charge in [0.25, 0.3) is 0 Å². The Kier molecular flexibility index (Phi) is 3.27. The summed E-state index contributed by atoms with van der Waals surface area (Å²) in [5.74, 6) is -0.145. The third-order valence-corrected chi connectivity index (χ3v) is 2.78. The third-order valence-electron chi connectivity index (χ3n) is 2.35. The number of fused-ring (bicyclic) bond motifs is 1. The Morgan fingerprint density at radius 1 is 1.75 bits per heavy atom. The van der Waals surface area contributed by atoms with E-state index in [1.165, 1.54) is 0 Å². The molecule has 0 aromatic carbocycles. The van der Waals surface area contributed by atoms with E-state index < -0.39 is 13.1 Å². The highest BCUT2D eigenvalue weighted by Gasteiger charge is 2.28. The zero-order chi connectivity index (χ0) is 11.7. The van der Waals surface area contributed by atoms with Gasteiger partial charge in [0, 0.05) is 17.1 Å². The van der Waals surface area contributed by atoms with Crippen LogP contribution in [0, 0.1) is 0 Å². The highest BCUT2D eigenvalue weighted by Crippen LogP contribution is 2.23.